The van der Waals surface area contributed by atoms with Crippen molar-refractivity contribution < 1.29 is 8.42 Å². The Hall–Kier alpha value is -2.64. The lowest BCUT2D eigenvalue weighted by Crippen LogP contribution is -2.46. The van der Waals surface area contributed by atoms with E-state index in [0.717, 1.165) is 55.2 Å². The Labute approximate surface area is 184 Å². The number of nitrogens with one attached hydrogen (secondary N) is 1. The van der Waals surface area contributed by atoms with Crippen LogP contribution in [-0.2, 0) is 10.0 Å². The summed E-state index contributed by atoms with van der Waals surface area (Å²) in [6, 6.07) is 18.0. The Morgan fingerprint density at radius 2 is 1.68 bits per heavy atom. The summed E-state index contributed by atoms with van der Waals surface area (Å²) in [6.07, 6.45) is 0.587. The molecule has 2 aromatic carbocycles. The van der Waals surface area contributed by atoms with E-state index in [2.05, 4.69) is 51.8 Å². The molecule has 0 atom stereocenters. The number of rotatable bonds is 7. The molecule has 3 aromatic rings. The van der Waals surface area contributed by atoms with Crippen molar-refractivity contribution in [2.75, 3.05) is 48.1 Å². The molecule has 1 aliphatic rings. The topological polar surface area (TPSA) is 65.5 Å². The highest BCUT2D eigenvalue weighted by Gasteiger charge is 2.20. The van der Waals surface area contributed by atoms with Gasteiger partial charge in [-0.2, -0.15) is 0 Å². The summed E-state index contributed by atoms with van der Waals surface area (Å²) in [4.78, 5) is 9.89. The van der Waals surface area contributed by atoms with Crippen molar-refractivity contribution in [3.05, 3.63) is 54.6 Å². The van der Waals surface area contributed by atoms with Crippen LogP contribution in [0.4, 0.5) is 11.5 Å². The molecular formula is C24H30N4O2S. The van der Waals surface area contributed by atoms with Gasteiger partial charge in [-0.1, -0.05) is 50.2 Å². The standard InChI is InChI=1S/C24H30N4O2S/c1-3-17-31(29,30)26-21-11-9-19(10-12-21)23-18-20-7-5-6-8-22(20)24(25-23)28-15-13-27(4-2)14-16-28/h5-12,18,26H,3-4,13-17H2,1-2H3. The van der Waals surface area contributed by atoms with E-state index >= 15 is 0 Å². The number of aromatic nitrogens is 1. The number of pyridine rings is 1. The molecule has 0 bridgehead atoms. The van der Waals surface area contributed by atoms with Gasteiger partial charge in [-0.3, -0.25) is 4.72 Å². The molecule has 2 heterocycles. The molecule has 0 unspecified atom stereocenters. The average molecular weight is 439 g/mol. The van der Waals surface area contributed by atoms with Crippen LogP contribution in [0.2, 0.25) is 0 Å². The number of hydrogen-bond acceptors (Lipinski definition) is 5. The zero-order chi connectivity index (χ0) is 21.8. The predicted octanol–water partition coefficient (Wildman–Crippen LogP) is 4.20. The second-order valence-corrected chi connectivity index (χ2v) is 9.81. The van der Waals surface area contributed by atoms with E-state index in [-0.39, 0.29) is 5.75 Å². The maximum absolute atomic E-state index is 12.0. The van der Waals surface area contributed by atoms with Crippen LogP contribution in [0.15, 0.2) is 54.6 Å². The molecule has 164 valence electrons. The third-order valence-corrected chi connectivity index (χ3v) is 7.26. The smallest absolute Gasteiger partial charge is 0.232 e. The monoisotopic (exact) mass is 438 g/mol. The van der Waals surface area contributed by atoms with Gasteiger partial charge in [-0.05, 0) is 36.6 Å². The minimum absolute atomic E-state index is 0.121. The molecule has 1 aromatic heterocycles. The first-order valence-corrected chi connectivity index (χ1v) is 12.6. The molecule has 7 heteroatoms. The van der Waals surface area contributed by atoms with Crippen LogP contribution in [0.3, 0.4) is 0 Å². The van der Waals surface area contributed by atoms with E-state index in [1.165, 1.54) is 5.39 Å². The van der Waals surface area contributed by atoms with E-state index < -0.39 is 10.0 Å². The zero-order valence-electron chi connectivity index (χ0n) is 18.2. The van der Waals surface area contributed by atoms with E-state index in [1.54, 1.807) is 12.1 Å². The molecule has 0 radical (unpaired) electrons. The summed E-state index contributed by atoms with van der Waals surface area (Å²) < 4.78 is 26.7. The summed E-state index contributed by atoms with van der Waals surface area (Å²) in [6.45, 7) is 9.16. The van der Waals surface area contributed by atoms with Gasteiger partial charge in [0.15, 0.2) is 0 Å². The van der Waals surface area contributed by atoms with Gasteiger partial charge in [-0.15, -0.1) is 0 Å². The van der Waals surface area contributed by atoms with Crippen molar-refractivity contribution in [2.45, 2.75) is 20.3 Å². The zero-order valence-corrected chi connectivity index (χ0v) is 19.0. The van der Waals surface area contributed by atoms with Gasteiger partial charge < -0.3 is 9.80 Å². The molecule has 1 aliphatic heterocycles. The molecule has 1 fully saturated rings. The number of likely N-dealkylation sites (N-methyl/N-ethyl adjacent to an activating group) is 1. The number of piperazine rings is 1. The highest BCUT2D eigenvalue weighted by molar-refractivity contribution is 7.92. The molecule has 0 saturated carbocycles. The summed E-state index contributed by atoms with van der Waals surface area (Å²) in [7, 11) is -3.30. The Morgan fingerprint density at radius 1 is 0.968 bits per heavy atom. The summed E-state index contributed by atoms with van der Waals surface area (Å²) >= 11 is 0. The summed E-state index contributed by atoms with van der Waals surface area (Å²) in [5, 5.41) is 2.33. The Bertz CT molecular complexity index is 1140. The molecule has 1 saturated heterocycles. The van der Waals surface area contributed by atoms with Crippen molar-refractivity contribution in [1.82, 2.24) is 9.88 Å². The van der Waals surface area contributed by atoms with Gasteiger partial charge in [0.25, 0.3) is 0 Å². The van der Waals surface area contributed by atoms with Gasteiger partial charge in [0.2, 0.25) is 10.0 Å². The number of nitrogens with zero attached hydrogens (tertiary/aromatic N) is 3. The summed E-state index contributed by atoms with van der Waals surface area (Å²) in [5.74, 6) is 1.15. The Kier molecular flexibility index (Phi) is 6.43. The minimum atomic E-state index is -3.30. The van der Waals surface area contributed by atoms with E-state index in [4.69, 9.17) is 4.98 Å². The van der Waals surface area contributed by atoms with Crippen LogP contribution in [0.5, 0.6) is 0 Å². The Balaban J connectivity index is 1.65. The molecular weight excluding hydrogens is 408 g/mol. The SMILES string of the molecule is CCCS(=O)(=O)Nc1ccc(-c2cc3ccccc3c(N3CCN(CC)CC3)n2)cc1. The molecule has 1 N–H and O–H groups in total. The first-order chi connectivity index (χ1) is 15.0. The predicted molar refractivity (Wildman–Crippen MR) is 129 cm³/mol. The maximum atomic E-state index is 12.0. The Morgan fingerprint density at radius 3 is 2.35 bits per heavy atom. The largest absolute Gasteiger partial charge is 0.354 e. The molecule has 6 nitrogen and oxygen atoms in total. The normalized spacial score (nSPS) is 15.4. The fraction of sp³-hybridized carbons (Fsp3) is 0.375. The van der Waals surface area contributed by atoms with E-state index in [0.29, 0.717) is 12.1 Å². The van der Waals surface area contributed by atoms with Gasteiger partial charge in [0, 0.05) is 42.8 Å². The van der Waals surface area contributed by atoms with E-state index in [9.17, 15) is 8.42 Å². The van der Waals surface area contributed by atoms with Gasteiger partial charge in [0.1, 0.15) is 5.82 Å². The molecule has 0 amide bonds. The molecule has 31 heavy (non-hydrogen) atoms. The van der Waals surface area contributed by atoms with Gasteiger partial charge in [0.05, 0.1) is 11.4 Å². The van der Waals surface area contributed by atoms with Crippen LogP contribution in [0.1, 0.15) is 20.3 Å². The number of hydrogen-bond donors (Lipinski definition) is 1. The fourth-order valence-electron chi connectivity index (χ4n) is 4.05. The quantitative estimate of drug-likeness (QED) is 0.599. The summed E-state index contributed by atoms with van der Waals surface area (Å²) in [5.41, 5.74) is 2.45. The number of sulfonamides is 1. The third-order valence-electron chi connectivity index (χ3n) is 5.77. The lowest BCUT2D eigenvalue weighted by molar-refractivity contribution is 0.271. The highest BCUT2D eigenvalue weighted by atomic mass is 32.2. The second kappa shape index (κ2) is 9.24. The highest BCUT2D eigenvalue weighted by Crippen LogP contribution is 2.31. The van der Waals surface area contributed by atoms with Crippen LogP contribution < -0.4 is 9.62 Å². The lowest BCUT2D eigenvalue weighted by atomic mass is 10.1. The van der Waals surface area contributed by atoms with Gasteiger partial charge in [-0.25, -0.2) is 13.4 Å². The first-order valence-electron chi connectivity index (χ1n) is 11.0. The third kappa shape index (κ3) is 4.99. The van der Waals surface area contributed by atoms with Crippen LogP contribution in [-0.4, -0.2) is 56.8 Å². The van der Waals surface area contributed by atoms with Gasteiger partial charge >= 0.3 is 0 Å². The molecule has 0 spiro atoms. The first kappa shape index (κ1) is 21.6. The molecule has 0 aliphatic carbocycles. The number of benzene rings is 2. The fourth-order valence-corrected chi connectivity index (χ4v) is 5.19. The van der Waals surface area contributed by atoms with Crippen molar-refractivity contribution in [3.8, 4) is 11.3 Å². The van der Waals surface area contributed by atoms with Crippen molar-refractivity contribution in [3.63, 3.8) is 0 Å². The lowest BCUT2D eigenvalue weighted by Gasteiger charge is -2.35. The van der Waals surface area contributed by atoms with Crippen molar-refractivity contribution in [2.24, 2.45) is 0 Å². The minimum Gasteiger partial charge on any atom is -0.354 e. The van der Waals surface area contributed by atoms with Crippen LogP contribution in [0.25, 0.3) is 22.0 Å². The maximum Gasteiger partial charge on any atom is 0.232 e. The second-order valence-electron chi connectivity index (χ2n) is 7.97. The average Bonchev–Trinajstić information content (AvgIpc) is 2.78. The van der Waals surface area contributed by atoms with Crippen molar-refractivity contribution in [1.29, 1.82) is 0 Å². The van der Waals surface area contributed by atoms with E-state index in [1.807, 2.05) is 19.1 Å². The van der Waals surface area contributed by atoms with Crippen molar-refractivity contribution >= 4 is 32.3 Å². The molecule has 4 rings (SSSR count). The number of fused-ring (bicyclic) bond motifs is 1. The van der Waals surface area contributed by atoms with Crippen LogP contribution in [0, 0.1) is 0 Å². The van der Waals surface area contributed by atoms with Crippen LogP contribution >= 0.6 is 0 Å². The number of anilines is 2.